The van der Waals surface area contributed by atoms with Gasteiger partial charge in [0.15, 0.2) is 5.17 Å². The molecule has 116 valence electrons. The van der Waals surface area contributed by atoms with Crippen molar-refractivity contribution < 1.29 is 9.90 Å². The number of benzene rings is 2. The molecule has 2 aromatic carbocycles. The Morgan fingerprint density at radius 2 is 2.04 bits per heavy atom. The lowest BCUT2D eigenvalue weighted by Gasteiger charge is -2.01. The predicted octanol–water partition coefficient (Wildman–Crippen LogP) is 4.25. The van der Waals surface area contributed by atoms with Crippen LogP contribution in [-0.4, -0.2) is 16.2 Å². The van der Waals surface area contributed by atoms with E-state index in [2.05, 4.69) is 10.3 Å². The summed E-state index contributed by atoms with van der Waals surface area (Å²) in [5.41, 5.74) is 2.27. The molecular weight excluding hydrogens is 332 g/mol. The minimum atomic E-state index is -0.239. The summed E-state index contributed by atoms with van der Waals surface area (Å²) in [6.45, 7) is 1.93. The van der Waals surface area contributed by atoms with Crippen LogP contribution in [0.15, 0.2) is 52.4 Å². The Morgan fingerprint density at radius 3 is 2.83 bits per heavy atom. The van der Waals surface area contributed by atoms with Gasteiger partial charge in [0.2, 0.25) is 0 Å². The average Bonchev–Trinajstić information content (AvgIpc) is 2.85. The van der Waals surface area contributed by atoms with Crippen LogP contribution in [0.5, 0.6) is 5.75 Å². The van der Waals surface area contributed by atoms with Gasteiger partial charge in [-0.15, -0.1) is 0 Å². The molecule has 0 aromatic heterocycles. The van der Waals surface area contributed by atoms with E-state index in [4.69, 9.17) is 11.6 Å². The summed E-state index contributed by atoms with van der Waals surface area (Å²) in [6, 6.07) is 12.3. The van der Waals surface area contributed by atoms with Crippen LogP contribution in [-0.2, 0) is 4.79 Å². The first-order valence-electron chi connectivity index (χ1n) is 6.86. The number of phenols is 1. The molecule has 0 radical (unpaired) electrons. The van der Waals surface area contributed by atoms with Crippen LogP contribution in [0.4, 0.5) is 5.69 Å². The summed E-state index contributed by atoms with van der Waals surface area (Å²) in [7, 11) is 0. The molecule has 0 aliphatic carbocycles. The Morgan fingerprint density at radius 1 is 1.26 bits per heavy atom. The summed E-state index contributed by atoms with van der Waals surface area (Å²) in [6.07, 6.45) is 1.64. The fourth-order valence-corrected chi connectivity index (χ4v) is 3.04. The number of amides is 1. The lowest BCUT2D eigenvalue weighted by Crippen LogP contribution is -2.19. The van der Waals surface area contributed by atoms with Crippen molar-refractivity contribution in [1.82, 2.24) is 5.32 Å². The third-order valence-electron chi connectivity index (χ3n) is 3.27. The number of aromatic hydroxyl groups is 1. The van der Waals surface area contributed by atoms with Gasteiger partial charge in [-0.2, -0.15) is 0 Å². The Labute approximate surface area is 142 Å². The first kappa shape index (κ1) is 15.6. The van der Waals surface area contributed by atoms with Gasteiger partial charge in [0.25, 0.3) is 5.91 Å². The molecule has 3 rings (SSSR count). The molecule has 1 heterocycles. The maximum atomic E-state index is 12.1. The second-order valence-electron chi connectivity index (χ2n) is 4.97. The maximum Gasteiger partial charge on any atom is 0.264 e. The lowest BCUT2D eigenvalue weighted by atomic mass is 10.2. The van der Waals surface area contributed by atoms with Crippen molar-refractivity contribution in [1.29, 1.82) is 0 Å². The third kappa shape index (κ3) is 3.57. The van der Waals surface area contributed by atoms with Crippen molar-refractivity contribution in [2.75, 3.05) is 0 Å². The van der Waals surface area contributed by atoms with Gasteiger partial charge in [0.1, 0.15) is 5.75 Å². The number of hydrogen-bond acceptors (Lipinski definition) is 4. The quantitative estimate of drug-likeness (QED) is 0.801. The monoisotopic (exact) mass is 344 g/mol. The molecule has 6 heteroatoms. The van der Waals surface area contributed by atoms with Crippen molar-refractivity contribution in [3.8, 4) is 5.75 Å². The molecule has 1 saturated heterocycles. The Kier molecular flexibility index (Phi) is 4.41. The number of halogens is 1. The minimum Gasteiger partial charge on any atom is -0.507 e. The van der Waals surface area contributed by atoms with Gasteiger partial charge in [-0.1, -0.05) is 35.9 Å². The zero-order valence-corrected chi connectivity index (χ0v) is 13.8. The van der Waals surface area contributed by atoms with Gasteiger partial charge in [0, 0.05) is 10.6 Å². The van der Waals surface area contributed by atoms with Crippen molar-refractivity contribution in [3.63, 3.8) is 0 Å². The number of nitrogens with one attached hydrogen (secondary N) is 1. The second-order valence-corrected chi connectivity index (χ2v) is 6.44. The Hall–Kier alpha value is -2.24. The maximum absolute atomic E-state index is 12.1. The zero-order valence-electron chi connectivity index (χ0n) is 12.2. The van der Waals surface area contributed by atoms with E-state index in [0.717, 1.165) is 5.56 Å². The molecule has 1 aliphatic heterocycles. The number of aryl methyl sites for hydroxylation is 1. The van der Waals surface area contributed by atoms with Crippen molar-refractivity contribution in [3.05, 3.63) is 63.5 Å². The van der Waals surface area contributed by atoms with E-state index in [9.17, 15) is 9.90 Å². The van der Waals surface area contributed by atoms with E-state index in [0.29, 0.717) is 26.3 Å². The fraction of sp³-hybridized carbons (Fsp3) is 0.0588. The van der Waals surface area contributed by atoms with Gasteiger partial charge < -0.3 is 10.4 Å². The standard InChI is InChI=1S/C17H13ClN2O2S/c1-10-6-7-12(18)9-13(10)19-17-20-16(22)15(23-17)8-11-4-2-3-5-14(11)21/h2-9,21H,1H3,(H,19,20,22)/b15-8-. The summed E-state index contributed by atoms with van der Waals surface area (Å²) < 4.78 is 0. The SMILES string of the molecule is Cc1ccc(Cl)cc1N=C1NC(=O)/C(=C/c2ccccc2O)S1. The van der Waals surface area contributed by atoms with Crippen molar-refractivity contribution in [2.24, 2.45) is 4.99 Å². The molecule has 0 saturated carbocycles. The second kappa shape index (κ2) is 6.48. The van der Waals surface area contributed by atoms with Crippen LogP contribution >= 0.6 is 23.4 Å². The predicted molar refractivity (Wildman–Crippen MR) is 95.1 cm³/mol. The highest BCUT2D eigenvalue weighted by Gasteiger charge is 2.24. The summed E-state index contributed by atoms with van der Waals surface area (Å²) in [5, 5.41) is 13.6. The van der Waals surface area contributed by atoms with Crippen LogP contribution in [0.25, 0.3) is 6.08 Å². The molecule has 1 fully saturated rings. The topological polar surface area (TPSA) is 61.7 Å². The van der Waals surface area contributed by atoms with Crippen molar-refractivity contribution in [2.45, 2.75) is 6.92 Å². The number of nitrogens with zero attached hydrogens (tertiary/aromatic N) is 1. The molecule has 0 bridgehead atoms. The van der Waals surface area contributed by atoms with Gasteiger partial charge in [-0.3, -0.25) is 4.79 Å². The van der Waals surface area contributed by atoms with E-state index in [1.165, 1.54) is 11.8 Å². The molecule has 2 N–H and O–H groups in total. The number of para-hydroxylation sites is 1. The Balaban J connectivity index is 1.89. The minimum absolute atomic E-state index is 0.129. The zero-order chi connectivity index (χ0) is 16.4. The number of amidine groups is 1. The van der Waals surface area contributed by atoms with Gasteiger partial charge in [-0.05, 0) is 48.5 Å². The number of rotatable bonds is 2. The fourth-order valence-electron chi connectivity index (χ4n) is 2.04. The first-order valence-corrected chi connectivity index (χ1v) is 8.06. The molecule has 0 unspecified atom stereocenters. The van der Waals surface area contributed by atoms with E-state index in [1.807, 2.05) is 13.0 Å². The molecule has 0 atom stereocenters. The van der Waals surface area contributed by atoms with Crippen LogP contribution < -0.4 is 5.32 Å². The van der Waals surface area contributed by atoms with Crippen LogP contribution in [0.1, 0.15) is 11.1 Å². The molecule has 1 amide bonds. The first-order chi connectivity index (χ1) is 11.0. The average molecular weight is 345 g/mol. The number of carbonyl (C=O) groups excluding carboxylic acids is 1. The largest absolute Gasteiger partial charge is 0.507 e. The summed E-state index contributed by atoms with van der Waals surface area (Å²) in [5.74, 6) is -0.110. The van der Waals surface area contributed by atoms with Crippen LogP contribution in [0, 0.1) is 6.92 Å². The lowest BCUT2D eigenvalue weighted by molar-refractivity contribution is -0.115. The number of phenolic OH excluding ortho intramolecular Hbond substituents is 1. The normalized spacial score (nSPS) is 17.7. The molecule has 1 aliphatic rings. The summed E-state index contributed by atoms with van der Waals surface area (Å²) in [4.78, 5) is 17.0. The smallest absolute Gasteiger partial charge is 0.264 e. The van der Waals surface area contributed by atoms with Gasteiger partial charge in [-0.25, -0.2) is 4.99 Å². The van der Waals surface area contributed by atoms with Crippen LogP contribution in [0.2, 0.25) is 5.02 Å². The molecule has 2 aromatic rings. The van der Waals surface area contributed by atoms with E-state index in [-0.39, 0.29) is 11.7 Å². The molecule has 23 heavy (non-hydrogen) atoms. The molecular formula is C17H13ClN2O2S. The number of hydrogen-bond donors (Lipinski definition) is 2. The highest BCUT2D eigenvalue weighted by atomic mass is 35.5. The number of aliphatic imine (C=N–C) groups is 1. The van der Waals surface area contributed by atoms with E-state index < -0.39 is 0 Å². The summed E-state index contributed by atoms with van der Waals surface area (Å²) >= 11 is 7.21. The highest BCUT2D eigenvalue weighted by Crippen LogP contribution is 2.31. The van der Waals surface area contributed by atoms with Crippen molar-refractivity contribution >= 4 is 46.2 Å². The van der Waals surface area contributed by atoms with Crippen LogP contribution in [0.3, 0.4) is 0 Å². The highest BCUT2D eigenvalue weighted by molar-refractivity contribution is 8.18. The molecule has 4 nitrogen and oxygen atoms in total. The van der Waals surface area contributed by atoms with Gasteiger partial charge >= 0.3 is 0 Å². The van der Waals surface area contributed by atoms with Gasteiger partial charge in [0.05, 0.1) is 10.6 Å². The Bertz CT molecular complexity index is 846. The third-order valence-corrected chi connectivity index (χ3v) is 4.41. The van der Waals surface area contributed by atoms with E-state index >= 15 is 0 Å². The number of carbonyl (C=O) groups is 1. The number of thioether (sulfide) groups is 1. The van der Waals surface area contributed by atoms with E-state index in [1.54, 1.807) is 42.5 Å². The molecule has 0 spiro atoms.